The van der Waals surface area contributed by atoms with Crippen molar-refractivity contribution in [3.05, 3.63) is 77.7 Å². The molecule has 0 atom stereocenters. The average molecular weight is 553 g/mol. The number of nitrogens with two attached hydrogens (primary N) is 1. The number of aliphatic carboxylic acids is 1. The van der Waals surface area contributed by atoms with E-state index in [1.807, 2.05) is 54.8 Å². The fourth-order valence-electron chi connectivity index (χ4n) is 3.25. The number of carboxylic acid groups (broad SMARTS) is 1. The summed E-state index contributed by atoms with van der Waals surface area (Å²) in [5.74, 6) is -2.89. The van der Waals surface area contributed by atoms with Gasteiger partial charge in [-0.2, -0.15) is 13.2 Å². The summed E-state index contributed by atoms with van der Waals surface area (Å²) in [6.07, 6.45) is -3.26. The number of nitrogens with one attached hydrogen (secondary N) is 1. The Morgan fingerprint density at radius 2 is 1.64 bits per heavy atom. The summed E-state index contributed by atoms with van der Waals surface area (Å²) in [6, 6.07) is 22.6. The van der Waals surface area contributed by atoms with Crippen LogP contribution in [0.1, 0.15) is 4.88 Å². The second-order valence-corrected chi connectivity index (χ2v) is 11.3. The first kappa shape index (κ1) is 27.2. The molecule has 0 aliphatic carbocycles. The SMILES string of the molecule is CSc1sc(C(=N)N)cc1S(=O)(=O)c1cccc(-c2cccc3ccccc23)c1.O=C(O)C(F)(F)F. The Kier molecular flexibility index (Phi) is 8.12. The molecule has 0 saturated heterocycles. The van der Waals surface area contributed by atoms with Gasteiger partial charge in [0.2, 0.25) is 9.84 Å². The number of halogens is 3. The normalized spacial score (nSPS) is 11.6. The molecule has 0 unspecified atom stereocenters. The fourth-order valence-corrected chi connectivity index (χ4v) is 7.16. The number of fused-ring (bicyclic) bond motifs is 1. The van der Waals surface area contributed by atoms with Crippen LogP contribution in [-0.2, 0) is 14.6 Å². The van der Waals surface area contributed by atoms with Crippen molar-refractivity contribution < 1.29 is 31.5 Å². The predicted octanol–water partition coefficient (Wildman–Crippen LogP) is 6.04. The number of thioether (sulfide) groups is 1. The lowest BCUT2D eigenvalue weighted by atomic mass is 9.98. The van der Waals surface area contributed by atoms with Crippen LogP contribution in [0, 0.1) is 5.41 Å². The molecule has 4 aromatic rings. The minimum Gasteiger partial charge on any atom is -0.475 e. The monoisotopic (exact) mass is 552 g/mol. The molecule has 0 aliphatic rings. The van der Waals surface area contributed by atoms with Crippen molar-refractivity contribution in [3.63, 3.8) is 0 Å². The molecular weight excluding hydrogens is 533 g/mol. The van der Waals surface area contributed by atoms with Gasteiger partial charge in [-0.05, 0) is 46.4 Å². The number of carboxylic acids is 1. The molecule has 12 heteroatoms. The third kappa shape index (κ3) is 5.89. The van der Waals surface area contributed by atoms with E-state index in [4.69, 9.17) is 21.0 Å². The number of rotatable bonds is 5. The van der Waals surface area contributed by atoms with Crippen molar-refractivity contribution in [2.45, 2.75) is 20.2 Å². The van der Waals surface area contributed by atoms with Crippen molar-refractivity contribution >= 4 is 55.5 Å². The van der Waals surface area contributed by atoms with Crippen LogP contribution in [0.25, 0.3) is 21.9 Å². The van der Waals surface area contributed by atoms with Crippen molar-refractivity contribution in [1.29, 1.82) is 5.41 Å². The lowest BCUT2D eigenvalue weighted by molar-refractivity contribution is -0.192. The van der Waals surface area contributed by atoms with Crippen molar-refractivity contribution in [2.75, 3.05) is 6.26 Å². The lowest BCUT2D eigenvalue weighted by Gasteiger charge is -2.10. The van der Waals surface area contributed by atoms with Gasteiger partial charge in [0.1, 0.15) is 5.84 Å². The van der Waals surface area contributed by atoms with Crippen LogP contribution in [0.4, 0.5) is 13.2 Å². The number of nitrogen functional groups attached to an aromatic ring is 1. The number of carbonyl (C=O) groups is 1. The van der Waals surface area contributed by atoms with Gasteiger partial charge >= 0.3 is 12.1 Å². The number of thiophene rings is 1. The van der Waals surface area contributed by atoms with Gasteiger partial charge in [-0.25, -0.2) is 13.2 Å². The third-order valence-corrected chi connectivity index (χ3v) is 9.23. The van der Waals surface area contributed by atoms with Crippen molar-refractivity contribution in [1.82, 2.24) is 0 Å². The molecule has 0 fully saturated rings. The van der Waals surface area contributed by atoms with Gasteiger partial charge < -0.3 is 10.8 Å². The molecule has 0 radical (unpaired) electrons. The van der Waals surface area contributed by atoms with Gasteiger partial charge in [-0.15, -0.1) is 23.1 Å². The van der Waals surface area contributed by atoms with E-state index in [1.54, 1.807) is 18.2 Å². The lowest BCUT2D eigenvalue weighted by Crippen LogP contribution is -2.21. The minimum absolute atomic E-state index is 0.128. The number of amidine groups is 1. The molecule has 0 amide bonds. The zero-order valence-corrected chi connectivity index (χ0v) is 21.0. The summed E-state index contributed by atoms with van der Waals surface area (Å²) in [6.45, 7) is 0. The maximum absolute atomic E-state index is 13.4. The van der Waals surface area contributed by atoms with E-state index in [-0.39, 0.29) is 15.6 Å². The van der Waals surface area contributed by atoms with Crippen LogP contribution >= 0.6 is 23.1 Å². The highest BCUT2D eigenvalue weighted by Crippen LogP contribution is 2.38. The fraction of sp³-hybridized carbons (Fsp3) is 0.0833. The number of alkyl halides is 3. The van der Waals surface area contributed by atoms with E-state index in [9.17, 15) is 21.6 Å². The van der Waals surface area contributed by atoms with Crippen LogP contribution in [-0.4, -0.2) is 37.8 Å². The first-order valence-corrected chi connectivity index (χ1v) is 13.5. The van der Waals surface area contributed by atoms with Crippen LogP contribution in [0.2, 0.25) is 0 Å². The molecule has 6 nitrogen and oxygen atoms in total. The molecule has 1 heterocycles. The van der Waals surface area contributed by atoms with Gasteiger partial charge in [-0.1, -0.05) is 54.6 Å². The maximum Gasteiger partial charge on any atom is 0.490 e. The third-order valence-electron chi connectivity index (χ3n) is 4.89. The van der Waals surface area contributed by atoms with Crippen LogP contribution in [0.5, 0.6) is 0 Å². The van der Waals surface area contributed by atoms with E-state index in [1.165, 1.54) is 29.2 Å². The summed E-state index contributed by atoms with van der Waals surface area (Å²) < 4.78 is 59.1. The molecule has 4 N–H and O–H groups in total. The number of benzene rings is 3. The van der Waals surface area contributed by atoms with E-state index >= 15 is 0 Å². The molecule has 0 aliphatic heterocycles. The van der Waals surface area contributed by atoms with Gasteiger partial charge in [0.15, 0.2) is 0 Å². The van der Waals surface area contributed by atoms with E-state index in [0.29, 0.717) is 9.09 Å². The number of hydrogen-bond donors (Lipinski definition) is 3. The molecule has 0 saturated carbocycles. The van der Waals surface area contributed by atoms with Crippen LogP contribution < -0.4 is 5.73 Å². The molecule has 4 rings (SSSR count). The molecule has 188 valence electrons. The molecule has 36 heavy (non-hydrogen) atoms. The first-order chi connectivity index (χ1) is 16.9. The Morgan fingerprint density at radius 1 is 1.03 bits per heavy atom. The average Bonchev–Trinajstić information content (AvgIpc) is 3.29. The zero-order chi connectivity index (χ0) is 26.7. The second-order valence-electron chi connectivity index (χ2n) is 7.24. The van der Waals surface area contributed by atoms with Gasteiger partial charge in [0.25, 0.3) is 0 Å². The summed E-state index contributed by atoms with van der Waals surface area (Å²) >= 11 is 2.57. The Hall–Kier alpha value is -3.35. The second kappa shape index (κ2) is 10.7. The van der Waals surface area contributed by atoms with Crippen LogP contribution in [0.15, 0.2) is 86.8 Å². The van der Waals surface area contributed by atoms with Gasteiger partial charge in [0, 0.05) is 0 Å². The number of sulfone groups is 1. The Morgan fingerprint density at radius 3 is 2.25 bits per heavy atom. The Bertz CT molecular complexity index is 1540. The van der Waals surface area contributed by atoms with E-state index in [2.05, 4.69) is 0 Å². The quantitative estimate of drug-likeness (QED) is 0.158. The molecular formula is C24H19F3N2O4S3. The maximum atomic E-state index is 13.4. The topological polar surface area (TPSA) is 121 Å². The van der Waals surface area contributed by atoms with Crippen LogP contribution in [0.3, 0.4) is 0 Å². The highest BCUT2D eigenvalue weighted by molar-refractivity contribution is 8.01. The molecule has 0 bridgehead atoms. The van der Waals surface area contributed by atoms with E-state index in [0.717, 1.165) is 21.9 Å². The predicted molar refractivity (Wildman–Crippen MR) is 136 cm³/mol. The summed E-state index contributed by atoms with van der Waals surface area (Å²) in [4.78, 5) is 9.78. The van der Waals surface area contributed by atoms with Gasteiger partial charge in [0.05, 0.1) is 18.9 Å². The zero-order valence-electron chi connectivity index (χ0n) is 18.5. The van der Waals surface area contributed by atoms with Crippen molar-refractivity contribution in [2.24, 2.45) is 5.73 Å². The Labute approximate surface area is 213 Å². The van der Waals surface area contributed by atoms with E-state index < -0.39 is 22.0 Å². The van der Waals surface area contributed by atoms with Crippen molar-refractivity contribution in [3.8, 4) is 11.1 Å². The Balaban J connectivity index is 0.000000454. The largest absolute Gasteiger partial charge is 0.490 e. The van der Waals surface area contributed by atoms with Gasteiger partial charge in [-0.3, -0.25) is 5.41 Å². The standard InChI is InChI=1S/C22H18N2O2S3.C2HF3O2/c1-27-22-20(13-19(28-22)21(23)24)29(25,26)16-9-4-8-15(12-16)18-11-5-7-14-6-2-3-10-17(14)18;3-2(4,5)1(6)7/h2-13H,1H3,(H3,23,24);(H,6,7). The smallest absolute Gasteiger partial charge is 0.475 e. The minimum atomic E-state index is -5.08. The first-order valence-electron chi connectivity index (χ1n) is 10.0. The highest BCUT2D eigenvalue weighted by Gasteiger charge is 2.38. The summed E-state index contributed by atoms with van der Waals surface area (Å²) in [5.41, 5.74) is 7.40. The molecule has 0 spiro atoms. The number of hydrogen-bond acceptors (Lipinski definition) is 6. The summed E-state index contributed by atoms with van der Waals surface area (Å²) in [5, 5.41) is 16.9. The molecule has 3 aromatic carbocycles. The highest BCUT2D eigenvalue weighted by atomic mass is 32.2. The molecule has 1 aromatic heterocycles. The summed E-state index contributed by atoms with van der Waals surface area (Å²) in [7, 11) is -3.74.